The second-order valence-corrected chi connectivity index (χ2v) is 7.83. The maximum Gasteiger partial charge on any atom is 0.308 e. The second-order valence-electron chi connectivity index (χ2n) is 6.74. The smallest absolute Gasteiger partial charge is 0.308 e. The molecule has 0 saturated heterocycles. The van der Waals surface area contributed by atoms with Gasteiger partial charge in [0.2, 0.25) is 5.88 Å². The predicted molar refractivity (Wildman–Crippen MR) is 109 cm³/mol. The van der Waals surface area contributed by atoms with Crippen LogP contribution in [0.15, 0.2) is 48.7 Å². The highest BCUT2D eigenvalue weighted by Crippen LogP contribution is 2.31. The minimum Gasteiger partial charge on any atom is -0.481 e. The molecule has 5 nitrogen and oxygen atoms in total. The van der Waals surface area contributed by atoms with E-state index in [0.717, 1.165) is 6.07 Å². The fraction of sp³-hybridized carbons (Fsp3) is 0.136. The molecule has 0 radical (unpaired) electrons. The van der Waals surface area contributed by atoms with E-state index in [0.29, 0.717) is 38.6 Å². The van der Waals surface area contributed by atoms with E-state index < -0.39 is 17.6 Å². The summed E-state index contributed by atoms with van der Waals surface area (Å²) in [5, 5.41) is 9.83. The number of thiazole rings is 1. The number of carboxylic acids is 1. The lowest BCUT2D eigenvalue weighted by Gasteiger charge is -2.10. The Hall–Kier alpha value is -3.39. The van der Waals surface area contributed by atoms with Gasteiger partial charge < -0.3 is 9.84 Å². The molecule has 0 amide bonds. The molecule has 1 N–H and O–H groups in total. The van der Waals surface area contributed by atoms with Crippen molar-refractivity contribution in [2.24, 2.45) is 0 Å². The van der Waals surface area contributed by atoms with Crippen LogP contribution < -0.4 is 4.74 Å². The van der Waals surface area contributed by atoms with E-state index in [1.807, 2.05) is 6.07 Å². The van der Waals surface area contributed by atoms with Crippen molar-refractivity contribution in [3.8, 4) is 11.6 Å². The summed E-state index contributed by atoms with van der Waals surface area (Å²) in [7, 11) is 0. The molecular formula is C22H16F2N2O3S. The molecule has 0 aliphatic rings. The summed E-state index contributed by atoms with van der Waals surface area (Å²) in [6, 6.07) is 11.8. The number of hydrogen-bond donors (Lipinski definition) is 1. The molecule has 0 fully saturated rings. The summed E-state index contributed by atoms with van der Waals surface area (Å²) in [5.74, 6) is -2.15. The summed E-state index contributed by atoms with van der Waals surface area (Å²) in [6.45, 7) is 1.70. The third-order valence-corrected chi connectivity index (χ3v) is 5.62. The molecule has 0 saturated carbocycles. The Morgan fingerprint density at radius 3 is 2.70 bits per heavy atom. The second kappa shape index (κ2) is 8.16. The van der Waals surface area contributed by atoms with Crippen LogP contribution in [-0.2, 0) is 17.6 Å². The minimum atomic E-state index is -1.01. The van der Waals surface area contributed by atoms with Crippen LogP contribution in [0.1, 0.15) is 21.7 Å². The average molecular weight is 426 g/mol. The molecular weight excluding hydrogens is 410 g/mol. The van der Waals surface area contributed by atoms with E-state index in [1.165, 1.54) is 11.3 Å². The topological polar surface area (TPSA) is 72.3 Å². The number of ether oxygens (including phenoxy) is 1. The van der Waals surface area contributed by atoms with Crippen molar-refractivity contribution in [1.29, 1.82) is 0 Å². The Kier molecular flexibility index (Phi) is 5.41. The van der Waals surface area contributed by atoms with Gasteiger partial charge in [0.15, 0.2) is 11.6 Å². The Morgan fingerprint density at radius 2 is 1.97 bits per heavy atom. The first-order valence-electron chi connectivity index (χ1n) is 9.07. The summed E-state index contributed by atoms with van der Waals surface area (Å²) >= 11 is 1.28. The largest absolute Gasteiger partial charge is 0.481 e. The normalized spacial score (nSPS) is 11.0. The Balaban J connectivity index is 1.66. The first-order valence-corrected chi connectivity index (χ1v) is 9.89. The van der Waals surface area contributed by atoms with Gasteiger partial charge in [-0.15, -0.1) is 11.3 Å². The Labute approximate surface area is 174 Å². The van der Waals surface area contributed by atoms with Crippen molar-refractivity contribution in [2.45, 2.75) is 19.8 Å². The van der Waals surface area contributed by atoms with Gasteiger partial charge in [0.1, 0.15) is 11.3 Å². The van der Waals surface area contributed by atoms with Gasteiger partial charge in [-0.1, -0.05) is 18.2 Å². The van der Waals surface area contributed by atoms with Crippen LogP contribution in [0.4, 0.5) is 8.78 Å². The number of fused-ring (bicyclic) bond motifs is 1. The maximum absolute atomic E-state index is 14.1. The standard InChI is InChI=1S/C22H16F2N2O3S/c1-12-7-16(23)19(24)20-21(12)30-17(26-20)9-13-8-14(10-18(27)28)22(25-11-13)29-15-5-3-2-4-6-15/h2-8,11H,9-10H2,1H3,(H,27,28). The Morgan fingerprint density at radius 1 is 1.20 bits per heavy atom. The van der Waals surface area contributed by atoms with E-state index in [1.54, 1.807) is 43.5 Å². The van der Waals surface area contributed by atoms with Gasteiger partial charge in [0, 0.05) is 18.2 Å². The van der Waals surface area contributed by atoms with Crippen molar-refractivity contribution in [1.82, 2.24) is 9.97 Å². The highest BCUT2D eigenvalue weighted by molar-refractivity contribution is 7.18. The lowest BCUT2D eigenvalue weighted by atomic mass is 10.1. The molecule has 4 aromatic rings. The zero-order chi connectivity index (χ0) is 21.3. The number of nitrogens with zero attached hydrogens (tertiary/aromatic N) is 2. The van der Waals surface area contributed by atoms with Crippen molar-refractivity contribution in [3.05, 3.63) is 82.0 Å². The molecule has 4 rings (SSSR count). The number of aliphatic carboxylic acids is 1. The molecule has 2 aromatic heterocycles. The number of aryl methyl sites for hydroxylation is 1. The van der Waals surface area contributed by atoms with Crippen LogP contribution in [0.2, 0.25) is 0 Å². The number of benzene rings is 2. The molecule has 8 heteroatoms. The molecule has 0 unspecified atom stereocenters. The maximum atomic E-state index is 14.1. The van der Waals surface area contributed by atoms with E-state index in [4.69, 9.17) is 4.74 Å². The average Bonchev–Trinajstić information content (AvgIpc) is 3.13. The third kappa shape index (κ3) is 4.13. The predicted octanol–water partition coefficient (Wildman–Crippen LogP) is 5.29. The highest BCUT2D eigenvalue weighted by atomic mass is 32.1. The van der Waals surface area contributed by atoms with Gasteiger partial charge in [-0.3, -0.25) is 4.79 Å². The quantitative estimate of drug-likeness (QED) is 0.454. The molecule has 0 spiro atoms. The number of carbonyl (C=O) groups is 1. The molecule has 152 valence electrons. The molecule has 0 bridgehead atoms. The number of aromatic nitrogens is 2. The summed E-state index contributed by atoms with van der Waals surface area (Å²) in [5.41, 5.74) is 1.74. The van der Waals surface area contributed by atoms with Gasteiger partial charge in [-0.05, 0) is 42.3 Å². The lowest BCUT2D eigenvalue weighted by molar-refractivity contribution is -0.136. The van der Waals surface area contributed by atoms with Crippen LogP contribution in [0.25, 0.3) is 10.2 Å². The zero-order valence-electron chi connectivity index (χ0n) is 15.9. The molecule has 0 atom stereocenters. The molecule has 0 aliphatic heterocycles. The fourth-order valence-corrected chi connectivity index (χ4v) is 4.15. The van der Waals surface area contributed by atoms with E-state index in [2.05, 4.69) is 9.97 Å². The van der Waals surface area contributed by atoms with Crippen molar-refractivity contribution < 1.29 is 23.4 Å². The number of pyridine rings is 1. The van der Waals surface area contributed by atoms with Crippen LogP contribution >= 0.6 is 11.3 Å². The molecule has 2 heterocycles. The van der Waals surface area contributed by atoms with Crippen LogP contribution in [-0.4, -0.2) is 21.0 Å². The number of carboxylic acid groups (broad SMARTS) is 1. The van der Waals surface area contributed by atoms with Crippen LogP contribution in [0.5, 0.6) is 11.6 Å². The van der Waals surface area contributed by atoms with Gasteiger partial charge in [0.05, 0.1) is 16.1 Å². The SMILES string of the molecule is Cc1cc(F)c(F)c2nc(Cc3cnc(Oc4ccccc4)c(CC(=O)O)c3)sc12. The van der Waals surface area contributed by atoms with Crippen molar-refractivity contribution in [2.75, 3.05) is 0 Å². The van der Waals surface area contributed by atoms with E-state index in [-0.39, 0.29) is 17.8 Å². The van der Waals surface area contributed by atoms with E-state index in [9.17, 15) is 18.7 Å². The summed E-state index contributed by atoms with van der Waals surface area (Å²) in [4.78, 5) is 19.8. The minimum absolute atomic E-state index is 0.00949. The molecule has 2 aromatic carbocycles. The first kappa shape index (κ1) is 19.9. The zero-order valence-corrected chi connectivity index (χ0v) is 16.7. The highest BCUT2D eigenvalue weighted by Gasteiger charge is 2.17. The van der Waals surface area contributed by atoms with Crippen LogP contribution in [0, 0.1) is 18.6 Å². The Bertz CT molecular complexity index is 1240. The van der Waals surface area contributed by atoms with Gasteiger partial charge >= 0.3 is 5.97 Å². The molecule has 0 aliphatic carbocycles. The number of rotatable bonds is 6. The number of hydrogen-bond acceptors (Lipinski definition) is 5. The lowest BCUT2D eigenvalue weighted by Crippen LogP contribution is -2.05. The summed E-state index contributed by atoms with van der Waals surface area (Å²) in [6.07, 6.45) is 1.62. The van der Waals surface area contributed by atoms with Crippen molar-refractivity contribution in [3.63, 3.8) is 0 Å². The monoisotopic (exact) mass is 426 g/mol. The van der Waals surface area contributed by atoms with E-state index >= 15 is 0 Å². The van der Waals surface area contributed by atoms with Gasteiger partial charge in [-0.2, -0.15) is 0 Å². The third-order valence-electron chi connectivity index (χ3n) is 4.43. The van der Waals surface area contributed by atoms with Crippen molar-refractivity contribution >= 4 is 27.5 Å². The van der Waals surface area contributed by atoms with Crippen LogP contribution in [0.3, 0.4) is 0 Å². The first-order chi connectivity index (χ1) is 14.4. The fourth-order valence-electron chi connectivity index (χ4n) is 3.09. The van der Waals surface area contributed by atoms with Gasteiger partial charge in [0.25, 0.3) is 0 Å². The summed E-state index contributed by atoms with van der Waals surface area (Å²) < 4.78 is 34.0. The molecule has 30 heavy (non-hydrogen) atoms. The number of halogens is 2. The number of para-hydroxylation sites is 1. The van der Waals surface area contributed by atoms with Gasteiger partial charge in [-0.25, -0.2) is 18.7 Å².